The van der Waals surface area contributed by atoms with E-state index in [1.807, 2.05) is 0 Å². The lowest BCUT2D eigenvalue weighted by molar-refractivity contribution is 0.0947. The van der Waals surface area contributed by atoms with Crippen LogP contribution in [0.15, 0.2) is 30.3 Å². The molecule has 0 unspecified atom stereocenters. The van der Waals surface area contributed by atoms with Crippen molar-refractivity contribution < 1.29 is 13.6 Å². The molecule has 122 valence electrons. The number of hydrogen-bond donors (Lipinski definition) is 2. The fraction of sp³-hybridized carbons (Fsp3) is 0.125. The summed E-state index contributed by atoms with van der Waals surface area (Å²) in [7, 11) is 0. The van der Waals surface area contributed by atoms with Crippen LogP contribution in [0.25, 0.3) is 10.9 Å². The molecule has 0 aliphatic rings. The van der Waals surface area contributed by atoms with Crippen molar-refractivity contribution in [1.29, 1.82) is 0 Å². The van der Waals surface area contributed by atoms with E-state index in [4.69, 9.17) is 5.73 Å². The number of para-hydroxylation sites is 1. The summed E-state index contributed by atoms with van der Waals surface area (Å²) in [6.07, 6.45) is 0. The molecule has 0 atom stereocenters. The number of carbonyl (C=O) groups is 1. The summed E-state index contributed by atoms with van der Waals surface area (Å²) < 4.78 is 27.5. The number of aromatic nitrogens is 3. The highest BCUT2D eigenvalue weighted by atomic mass is 19.1. The molecule has 0 spiro atoms. The zero-order chi connectivity index (χ0) is 17.3. The first-order chi connectivity index (χ1) is 11.5. The number of benzene rings is 1. The van der Waals surface area contributed by atoms with Gasteiger partial charge in [-0.05, 0) is 25.1 Å². The molecule has 8 heteroatoms. The van der Waals surface area contributed by atoms with Crippen LogP contribution in [0, 0.1) is 18.6 Å². The third-order valence-electron chi connectivity index (χ3n) is 3.38. The van der Waals surface area contributed by atoms with E-state index in [1.54, 1.807) is 6.92 Å². The lowest BCUT2D eigenvalue weighted by Gasteiger charge is -2.09. The van der Waals surface area contributed by atoms with Crippen LogP contribution < -0.4 is 11.1 Å². The summed E-state index contributed by atoms with van der Waals surface area (Å²) in [6.45, 7) is 1.58. The predicted molar refractivity (Wildman–Crippen MR) is 84.0 cm³/mol. The highest BCUT2D eigenvalue weighted by molar-refractivity contribution is 6.04. The van der Waals surface area contributed by atoms with Crippen LogP contribution in [0.1, 0.15) is 21.9 Å². The minimum Gasteiger partial charge on any atom is -0.368 e. The molecule has 3 N–H and O–H groups in total. The van der Waals surface area contributed by atoms with E-state index >= 15 is 0 Å². The van der Waals surface area contributed by atoms with Gasteiger partial charge in [-0.15, -0.1) is 0 Å². The smallest absolute Gasteiger partial charge is 0.271 e. The van der Waals surface area contributed by atoms with Crippen molar-refractivity contribution in [2.45, 2.75) is 13.5 Å². The largest absolute Gasteiger partial charge is 0.368 e. The minimum absolute atomic E-state index is 0.0463. The number of halogens is 2. The van der Waals surface area contributed by atoms with Gasteiger partial charge in [-0.3, -0.25) is 9.78 Å². The normalized spacial score (nSPS) is 10.8. The van der Waals surface area contributed by atoms with Gasteiger partial charge < -0.3 is 11.1 Å². The Morgan fingerprint density at radius 3 is 2.71 bits per heavy atom. The van der Waals surface area contributed by atoms with Crippen LogP contribution in [0.3, 0.4) is 0 Å². The highest BCUT2D eigenvalue weighted by Crippen LogP contribution is 2.19. The number of nitrogens with two attached hydrogens (primary N) is 1. The molecular formula is C16H13F2N5O. The molecule has 2 aromatic heterocycles. The maximum absolute atomic E-state index is 13.8. The second kappa shape index (κ2) is 6.15. The van der Waals surface area contributed by atoms with E-state index in [0.29, 0.717) is 5.69 Å². The Morgan fingerprint density at radius 1 is 1.12 bits per heavy atom. The lowest BCUT2D eigenvalue weighted by atomic mass is 10.1. The standard InChI is InChI=1S/C16H13F2N5O/c1-8-5-6-10(17)12(21-8)7-20-15(24)14-9-3-2-4-11(18)13(9)22-16(19)23-14/h2-6H,7H2,1H3,(H,20,24)(H2,19,22,23). The molecule has 0 saturated heterocycles. The Labute approximate surface area is 135 Å². The predicted octanol–water partition coefficient (Wildman–Crippen LogP) is 2.12. The molecule has 0 fully saturated rings. The van der Waals surface area contributed by atoms with Crippen molar-refractivity contribution in [3.05, 3.63) is 59.0 Å². The maximum Gasteiger partial charge on any atom is 0.271 e. The van der Waals surface area contributed by atoms with Gasteiger partial charge in [0.15, 0.2) is 0 Å². The molecule has 24 heavy (non-hydrogen) atoms. The topological polar surface area (TPSA) is 93.8 Å². The quantitative estimate of drug-likeness (QED) is 0.768. The maximum atomic E-state index is 13.8. The molecule has 3 aromatic rings. The summed E-state index contributed by atoms with van der Waals surface area (Å²) in [5, 5.41) is 2.73. The number of anilines is 1. The van der Waals surface area contributed by atoms with E-state index in [1.165, 1.54) is 30.3 Å². The number of aryl methyl sites for hydroxylation is 1. The number of nitrogens with zero attached hydrogens (tertiary/aromatic N) is 3. The van der Waals surface area contributed by atoms with Gasteiger partial charge in [-0.25, -0.2) is 18.7 Å². The molecule has 2 heterocycles. The van der Waals surface area contributed by atoms with Crippen LogP contribution in [-0.2, 0) is 6.54 Å². The van der Waals surface area contributed by atoms with Gasteiger partial charge in [0, 0.05) is 11.1 Å². The summed E-state index contributed by atoms with van der Waals surface area (Å²) >= 11 is 0. The molecule has 3 rings (SSSR count). The van der Waals surface area contributed by atoms with Gasteiger partial charge in [0.2, 0.25) is 5.95 Å². The first-order valence-electron chi connectivity index (χ1n) is 7.07. The SMILES string of the molecule is Cc1ccc(F)c(CNC(=O)c2nc(N)nc3c(F)cccc23)n1. The van der Waals surface area contributed by atoms with Crippen LogP contribution >= 0.6 is 0 Å². The first kappa shape index (κ1) is 15.7. The monoisotopic (exact) mass is 329 g/mol. The van der Waals surface area contributed by atoms with Crippen molar-refractivity contribution in [2.75, 3.05) is 5.73 Å². The molecule has 0 bridgehead atoms. The van der Waals surface area contributed by atoms with Gasteiger partial charge in [-0.2, -0.15) is 0 Å². The van der Waals surface area contributed by atoms with E-state index < -0.39 is 17.5 Å². The zero-order valence-corrected chi connectivity index (χ0v) is 12.7. The van der Waals surface area contributed by atoms with Crippen LogP contribution in [0.5, 0.6) is 0 Å². The van der Waals surface area contributed by atoms with Gasteiger partial charge >= 0.3 is 0 Å². The second-order valence-electron chi connectivity index (χ2n) is 5.13. The van der Waals surface area contributed by atoms with E-state index in [9.17, 15) is 13.6 Å². The second-order valence-corrected chi connectivity index (χ2v) is 5.13. The van der Waals surface area contributed by atoms with Crippen LogP contribution in [0.4, 0.5) is 14.7 Å². The average Bonchev–Trinajstić information content (AvgIpc) is 2.55. The number of amides is 1. The van der Waals surface area contributed by atoms with Crippen molar-refractivity contribution >= 4 is 22.8 Å². The number of nitrogen functional groups attached to an aromatic ring is 1. The van der Waals surface area contributed by atoms with Crippen molar-refractivity contribution in [1.82, 2.24) is 20.3 Å². The van der Waals surface area contributed by atoms with Crippen molar-refractivity contribution in [3.63, 3.8) is 0 Å². The molecule has 0 aliphatic carbocycles. The van der Waals surface area contributed by atoms with E-state index in [0.717, 1.165) is 0 Å². The molecule has 1 aromatic carbocycles. The summed E-state index contributed by atoms with van der Waals surface area (Å²) in [5.41, 5.74) is 6.14. The Kier molecular flexibility index (Phi) is 4.03. The third-order valence-corrected chi connectivity index (χ3v) is 3.38. The Balaban J connectivity index is 1.92. The molecule has 6 nitrogen and oxygen atoms in total. The molecule has 0 saturated carbocycles. The van der Waals surface area contributed by atoms with Crippen molar-refractivity contribution in [2.24, 2.45) is 0 Å². The van der Waals surface area contributed by atoms with Gasteiger partial charge in [0.25, 0.3) is 5.91 Å². The fourth-order valence-corrected chi connectivity index (χ4v) is 2.27. The Bertz CT molecular complexity index is 945. The summed E-state index contributed by atoms with van der Waals surface area (Å²) in [6, 6.07) is 6.97. The van der Waals surface area contributed by atoms with E-state index in [-0.39, 0.29) is 34.8 Å². The molecule has 1 amide bonds. The summed E-state index contributed by atoms with van der Waals surface area (Å²) in [4.78, 5) is 24.1. The van der Waals surface area contributed by atoms with Gasteiger partial charge in [0.05, 0.1) is 12.2 Å². The minimum atomic E-state index is -0.623. The van der Waals surface area contributed by atoms with Gasteiger partial charge in [0.1, 0.15) is 22.8 Å². The van der Waals surface area contributed by atoms with Crippen LogP contribution in [-0.4, -0.2) is 20.9 Å². The van der Waals surface area contributed by atoms with E-state index in [2.05, 4.69) is 20.3 Å². The highest BCUT2D eigenvalue weighted by Gasteiger charge is 2.17. The first-order valence-corrected chi connectivity index (χ1v) is 7.07. The number of pyridine rings is 1. The molecular weight excluding hydrogens is 316 g/mol. The Hall–Kier alpha value is -3.16. The zero-order valence-electron chi connectivity index (χ0n) is 12.7. The number of rotatable bonds is 3. The number of nitrogens with one attached hydrogen (secondary N) is 1. The molecule has 0 aliphatic heterocycles. The fourth-order valence-electron chi connectivity index (χ4n) is 2.27. The third kappa shape index (κ3) is 2.98. The number of carbonyl (C=O) groups excluding carboxylic acids is 1. The Morgan fingerprint density at radius 2 is 1.92 bits per heavy atom. The number of fused-ring (bicyclic) bond motifs is 1. The average molecular weight is 329 g/mol. The summed E-state index contributed by atoms with van der Waals surface area (Å²) in [5.74, 6) is -1.99. The lowest BCUT2D eigenvalue weighted by Crippen LogP contribution is -2.26. The van der Waals surface area contributed by atoms with Crippen molar-refractivity contribution in [3.8, 4) is 0 Å². The van der Waals surface area contributed by atoms with Crippen LogP contribution in [0.2, 0.25) is 0 Å². The number of hydrogen-bond acceptors (Lipinski definition) is 5. The van der Waals surface area contributed by atoms with Gasteiger partial charge in [-0.1, -0.05) is 12.1 Å². The molecule has 0 radical (unpaired) electrons.